The Balaban J connectivity index is 2.08. The van der Waals surface area contributed by atoms with E-state index in [0.717, 1.165) is 22.3 Å². The molecule has 3 rings (SSSR count). The normalized spacial score (nSPS) is 13.8. The van der Waals surface area contributed by atoms with Crippen LogP contribution in [0.5, 0.6) is 5.75 Å². The lowest BCUT2D eigenvalue weighted by Gasteiger charge is -2.30. The Hall–Kier alpha value is -3.07. The minimum absolute atomic E-state index is 0.142. The van der Waals surface area contributed by atoms with E-state index in [4.69, 9.17) is 4.74 Å². The van der Waals surface area contributed by atoms with Crippen LogP contribution in [0.3, 0.4) is 0 Å². The van der Waals surface area contributed by atoms with Crippen LogP contribution in [0, 0.1) is 5.21 Å². The summed E-state index contributed by atoms with van der Waals surface area (Å²) in [6.07, 6.45) is 2.53. The number of ether oxygens (including phenoxy) is 1. The summed E-state index contributed by atoms with van der Waals surface area (Å²) in [7, 11) is 1.63. The third-order valence-corrected chi connectivity index (χ3v) is 5.25. The first-order valence-corrected chi connectivity index (χ1v) is 9.19. The van der Waals surface area contributed by atoms with E-state index < -0.39 is 0 Å². The van der Waals surface area contributed by atoms with Gasteiger partial charge >= 0.3 is 0 Å². The van der Waals surface area contributed by atoms with Crippen molar-refractivity contribution in [2.24, 2.45) is 0 Å². The SMILES string of the molecule is CCC(C)(c1ccccc1)c1ccc(OC)c(/C=[N+](\[O-])c2ccccc2)c1. The minimum atomic E-state index is -0.142. The molecule has 0 aliphatic carbocycles. The molecule has 0 saturated heterocycles. The minimum Gasteiger partial charge on any atom is -0.618 e. The van der Waals surface area contributed by atoms with Crippen molar-refractivity contribution in [3.05, 3.63) is 101 Å². The van der Waals surface area contributed by atoms with Crippen molar-refractivity contribution in [2.45, 2.75) is 25.7 Å². The summed E-state index contributed by atoms with van der Waals surface area (Å²) >= 11 is 0. The van der Waals surface area contributed by atoms with Gasteiger partial charge in [-0.1, -0.05) is 68.4 Å². The largest absolute Gasteiger partial charge is 0.618 e. The van der Waals surface area contributed by atoms with Crippen LogP contribution in [0.2, 0.25) is 0 Å². The van der Waals surface area contributed by atoms with Crippen LogP contribution in [0.4, 0.5) is 5.69 Å². The maximum atomic E-state index is 12.6. The number of rotatable bonds is 6. The smallest absolute Gasteiger partial charge is 0.216 e. The molecule has 3 heteroatoms. The summed E-state index contributed by atoms with van der Waals surface area (Å²) in [5.74, 6) is 0.682. The van der Waals surface area contributed by atoms with Crippen molar-refractivity contribution in [3.8, 4) is 5.75 Å². The second kappa shape index (κ2) is 8.09. The highest BCUT2D eigenvalue weighted by molar-refractivity contribution is 5.81. The monoisotopic (exact) mass is 359 g/mol. The van der Waals surface area contributed by atoms with Gasteiger partial charge in [0.05, 0.1) is 12.7 Å². The molecule has 138 valence electrons. The molecule has 0 saturated carbocycles. The highest BCUT2D eigenvalue weighted by Crippen LogP contribution is 2.36. The first-order valence-electron chi connectivity index (χ1n) is 9.19. The van der Waals surface area contributed by atoms with E-state index in [1.807, 2.05) is 30.3 Å². The van der Waals surface area contributed by atoms with Crippen LogP contribution in [-0.4, -0.2) is 18.1 Å². The van der Waals surface area contributed by atoms with Crippen molar-refractivity contribution < 1.29 is 9.48 Å². The Labute approximate surface area is 161 Å². The van der Waals surface area contributed by atoms with Crippen LogP contribution < -0.4 is 4.74 Å². The lowest BCUT2D eigenvalue weighted by molar-refractivity contribution is -0.354. The highest BCUT2D eigenvalue weighted by atomic mass is 16.5. The van der Waals surface area contributed by atoms with Crippen LogP contribution >= 0.6 is 0 Å². The predicted octanol–water partition coefficient (Wildman–Crippen LogP) is 5.67. The Kier molecular flexibility index (Phi) is 5.60. The van der Waals surface area contributed by atoms with Gasteiger partial charge in [-0.2, -0.15) is 4.74 Å². The molecule has 0 fully saturated rings. The van der Waals surface area contributed by atoms with Gasteiger partial charge in [-0.15, -0.1) is 0 Å². The number of methoxy groups -OCH3 is 1. The van der Waals surface area contributed by atoms with Crippen molar-refractivity contribution >= 4 is 11.9 Å². The van der Waals surface area contributed by atoms with Gasteiger partial charge in [-0.25, -0.2) is 0 Å². The number of para-hydroxylation sites is 1. The van der Waals surface area contributed by atoms with E-state index in [1.54, 1.807) is 25.5 Å². The second-order valence-corrected chi connectivity index (χ2v) is 6.80. The zero-order chi connectivity index (χ0) is 19.3. The Bertz CT molecular complexity index is 920. The van der Waals surface area contributed by atoms with E-state index >= 15 is 0 Å². The maximum Gasteiger partial charge on any atom is 0.216 e. The average Bonchev–Trinajstić information content (AvgIpc) is 2.74. The van der Waals surface area contributed by atoms with E-state index in [0.29, 0.717) is 11.4 Å². The van der Waals surface area contributed by atoms with Gasteiger partial charge in [-0.3, -0.25) is 0 Å². The van der Waals surface area contributed by atoms with Gasteiger partial charge in [0.1, 0.15) is 5.75 Å². The molecule has 0 aliphatic heterocycles. The van der Waals surface area contributed by atoms with Crippen LogP contribution in [-0.2, 0) is 5.41 Å². The first-order chi connectivity index (χ1) is 13.1. The van der Waals surface area contributed by atoms with E-state index in [2.05, 4.69) is 50.2 Å². The summed E-state index contributed by atoms with van der Waals surface area (Å²) in [5, 5.41) is 12.6. The molecule has 27 heavy (non-hydrogen) atoms. The predicted molar refractivity (Wildman–Crippen MR) is 111 cm³/mol. The zero-order valence-electron chi connectivity index (χ0n) is 16.1. The van der Waals surface area contributed by atoms with Gasteiger partial charge in [0.25, 0.3) is 0 Å². The van der Waals surface area contributed by atoms with E-state index in [1.165, 1.54) is 5.56 Å². The Morgan fingerprint density at radius 3 is 2.15 bits per heavy atom. The number of hydrogen-bond donors (Lipinski definition) is 0. The van der Waals surface area contributed by atoms with Crippen molar-refractivity contribution in [1.29, 1.82) is 0 Å². The van der Waals surface area contributed by atoms with Crippen molar-refractivity contribution in [2.75, 3.05) is 7.11 Å². The third-order valence-electron chi connectivity index (χ3n) is 5.25. The maximum absolute atomic E-state index is 12.6. The summed E-state index contributed by atoms with van der Waals surface area (Å²) in [6.45, 7) is 4.42. The molecule has 0 radical (unpaired) electrons. The van der Waals surface area contributed by atoms with Crippen LogP contribution in [0.15, 0.2) is 78.9 Å². The molecule has 3 nitrogen and oxygen atoms in total. The number of benzene rings is 3. The first kappa shape index (κ1) is 18.7. The molecular formula is C24H25NO2. The van der Waals surface area contributed by atoms with Gasteiger partial charge in [0, 0.05) is 17.5 Å². The molecule has 1 atom stereocenters. The molecular weight excluding hydrogens is 334 g/mol. The summed E-state index contributed by atoms with van der Waals surface area (Å²) in [6, 6.07) is 25.7. The van der Waals surface area contributed by atoms with Gasteiger partial charge in [0.2, 0.25) is 5.69 Å². The molecule has 0 N–H and O–H groups in total. The van der Waals surface area contributed by atoms with E-state index in [9.17, 15) is 5.21 Å². The molecule has 0 amide bonds. The van der Waals surface area contributed by atoms with Crippen molar-refractivity contribution in [3.63, 3.8) is 0 Å². The lowest BCUT2D eigenvalue weighted by atomic mass is 9.74. The summed E-state index contributed by atoms with van der Waals surface area (Å²) in [5.41, 5.74) is 3.63. The molecule has 3 aromatic carbocycles. The van der Waals surface area contributed by atoms with Gasteiger partial charge in [-0.05, 0) is 29.7 Å². The third kappa shape index (κ3) is 3.87. The van der Waals surface area contributed by atoms with Crippen LogP contribution in [0.1, 0.15) is 37.0 Å². The fourth-order valence-corrected chi connectivity index (χ4v) is 3.34. The van der Waals surface area contributed by atoms with Gasteiger partial charge < -0.3 is 9.94 Å². The average molecular weight is 359 g/mol. The lowest BCUT2D eigenvalue weighted by Crippen LogP contribution is -2.22. The fourth-order valence-electron chi connectivity index (χ4n) is 3.34. The number of hydrogen-bond acceptors (Lipinski definition) is 2. The Morgan fingerprint density at radius 1 is 0.926 bits per heavy atom. The molecule has 0 aliphatic rings. The molecule has 1 unspecified atom stereocenters. The molecule has 3 aromatic rings. The number of nitrogens with zero attached hydrogens (tertiary/aromatic N) is 1. The summed E-state index contributed by atoms with van der Waals surface area (Å²) in [4.78, 5) is 0. The van der Waals surface area contributed by atoms with Gasteiger partial charge in [0.15, 0.2) is 6.21 Å². The zero-order valence-corrected chi connectivity index (χ0v) is 16.1. The topological polar surface area (TPSA) is 35.3 Å². The molecule has 0 bridgehead atoms. The Morgan fingerprint density at radius 2 is 1.56 bits per heavy atom. The standard InChI is InChI=1S/C24H25NO2/c1-4-24(2,20-11-7-5-8-12-20)21-15-16-23(27-3)19(17-21)18-25(26)22-13-9-6-10-14-22/h5-18H,4H2,1-3H3/b25-18-. The molecule has 0 spiro atoms. The fraction of sp³-hybridized carbons (Fsp3) is 0.208. The molecule has 0 heterocycles. The van der Waals surface area contributed by atoms with Crippen LogP contribution in [0.25, 0.3) is 0 Å². The van der Waals surface area contributed by atoms with Crippen molar-refractivity contribution in [1.82, 2.24) is 0 Å². The molecule has 0 aromatic heterocycles. The quantitative estimate of drug-likeness (QED) is 0.246. The summed E-state index contributed by atoms with van der Waals surface area (Å²) < 4.78 is 6.37. The van der Waals surface area contributed by atoms with E-state index in [-0.39, 0.29) is 5.41 Å². The highest BCUT2D eigenvalue weighted by Gasteiger charge is 2.27. The second-order valence-electron chi connectivity index (χ2n) is 6.80.